The van der Waals surface area contributed by atoms with E-state index < -0.39 is 47.3 Å². The first-order valence-corrected chi connectivity index (χ1v) is 9.86. The van der Waals surface area contributed by atoms with Crippen LogP contribution in [0.1, 0.15) is 27.4 Å². The number of anilines is 1. The third-order valence-electron chi connectivity index (χ3n) is 4.72. The molecule has 0 unspecified atom stereocenters. The second-order valence-electron chi connectivity index (χ2n) is 7.30. The molecule has 1 N–H and O–H groups in total. The van der Waals surface area contributed by atoms with E-state index in [0.717, 1.165) is 11.1 Å². The Morgan fingerprint density at radius 3 is 2.41 bits per heavy atom. The van der Waals surface area contributed by atoms with Gasteiger partial charge in [-0.25, -0.2) is 13.2 Å². The van der Waals surface area contributed by atoms with Crippen LogP contribution in [0.4, 0.5) is 27.8 Å². The Morgan fingerprint density at radius 1 is 1.00 bits per heavy atom. The SMILES string of the molecule is Cc1cccc(Cn2ccc(NC(=O)c3ccc(COc4c(F)c(F)c(F)c(F)c4F)o3)n2)c1. The molecule has 176 valence electrons. The molecule has 2 aromatic carbocycles. The summed E-state index contributed by atoms with van der Waals surface area (Å²) in [7, 11) is 0. The number of aromatic nitrogens is 2. The monoisotopic (exact) mass is 477 g/mol. The van der Waals surface area contributed by atoms with E-state index in [0.29, 0.717) is 6.54 Å². The van der Waals surface area contributed by atoms with E-state index in [1.54, 1.807) is 16.9 Å². The highest BCUT2D eigenvalue weighted by molar-refractivity contribution is 6.01. The average Bonchev–Trinajstić information content (AvgIpc) is 3.46. The van der Waals surface area contributed by atoms with E-state index in [1.807, 2.05) is 31.2 Å². The maximum atomic E-state index is 13.7. The minimum Gasteiger partial charge on any atom is -0.479 e. The molecule has 11 heteroatoms. The molecule has 0 saturated heterocycles. The van der Waals surface area contributed by atoms with Gasteiger partial charge in [0, 0.05) is 12.3 Å². The van der Waals surface area contributed by atoms with Gasteiger partial charge in [-0.05, 0) is 24.6 Å². The summed E-state index contributed by atoms with van der Waals surface area (Å²) in [4.78, 5) is 12.4. The highest BCUT2D eigenvalue weighted by atomic mass is 19.2. The van der Waals surface area contributed by atoms with Crippen molar-refractivity contribution in [2.45, 2.75) is 20.1 Å². The second kappa shape index (κ2) is 9.38. The van der Waals surface area contributed by atoms with Crippen LogP contribution in [0.3, 0.4) is 0 Å². The number of nitrogens with one attached hydrogen (secondary N) is 1. The molecule has 0 bridgehead atoms. The molecule has 4 rings (SSSR count). The van der Waals surface area contributed by atoms with Crippen LogP contribution >= 0.6 is 0 Å². The molecule has 4 aromatic rings. The van der Waals surface area contributed by atoms with Gasteiger partial charge in [0.2, 0.25) is 29.1 Å². The van der Waals surface area contributed by atoms with Crippen LogP contribution in [0.25, 0.3) is 0 Å². The first-order valence-electron chi connectivity index (χ1n) is 9.86. The van der Waals surface area contributed by atoms with Crippen LogP contribution in [0.5, 0.6) is 5.75 Å². The summed E-state index contributed by atoms with van der Waals surface area (Å²) in [5, 5.41) is 6.80. The third-order valence-corrected chi connectivity index (χ3v) is 4.72. The number of rotatable bonds is 7. The number of furan rings is 1. The smallest absolute Gasteiger partial charge is 0.292 e. The molecule has 2 aromatic heterocycles. The molecule has 1 amide bonds. The summed E-state index contributed by atoms with van der Waals surface area (Å²) in [5.41, 5.74) is 2.14. The number of hydrogen-bond acceptors (Lipinski definition) is 4. The summed E-state index contributed by atoms with van der Waals surface area (Å²) < 4.78 is 78.6. The van der Waals surface area contributed by atoms with Crippen molar-refractivity contribution in [2.75, 3.05) is 5.32 Å². The summed E-state index contributed by atoms with van der Waals surface area (Å²) >= 11 is 0. The van der Waals surface area contributed by atoms with Gasteiger partial charge in [-0.1, -0.05) is 29.8 Å². The van der Waals surface area contributed by atoms with Gasteiger partial charge >= 0.3 is 0 Å². The Balaban J connectivity index is 1.38. The van der Waals surface area contributed by atoms with E-state index in [1.165, 1.54) is 12.1 Å². The fraction of sp³-hybridized carbons (Fsp3) is 0.130. The molecular weight excluding hydrogens is 461 g/mol. The average molecular weight is 477 g/mol. The fourth-order valence-corrected chi connectivity index (χ4v) is 3.12. The lowest BCUT2D eigenvalue weighted by Gasteiger charge is -2.09. The Labute approximate surface area is 189 Å². The molecule has 0 saturated carbocycles. The minimum atomic E-state index is -2.29. The van der Waals surface area contributed by atoms with Crippen molar-refractivity contribution in [2.24, 2.45) is 0 Å². The van der Waals surface area contributed by atoms with Gasteiger partial charge in [0.25, 0.3) is 5.91 Å². The van der Waals surface area contributed by atoms with Gasteiger partial charge in [-0.2, -0.15) is 13.9 Å². The molecule has 0 aliphatic rings. The molecular formula is C23H16F5N3O3. The van der Waals surface area contributed by atoms with Gasteiger partial charge in [0.1, 0.15) is 12.4 Å². The van der Waals surface area contributed by atoms with Crippen LogP contribution in [0, 0.1) is 36.0 Å². The normalized spacial score (nSPS) is 11.0. The van der Waals surface area contributed by atoms with E-state index in [-0.39, 0.29) is 17.3 Å². The van der Waals surface area contributed by atoms with Crippen molar-refractivity contribution in [3.05, 3.63) is 100 Å². The highest BCUT2D eigenvalue weighted by Gasteiger charge is 2.27. The Bertz CT molecular complexity index is 1340. The largest absolute Gasteiger partial charge is 0.479 e. The number of nitrogens with zero attached hydrogens (tertiary/aromatic N) is 2. The number of carbonyl (C=O) groups excluding carboxylic acids is 1. The predicted octanol–water partition coefficient (Wildman–Crippen LogP) is 5.36. The topological polar surface area (TPSA) is 69.3 Å². The van der Waals surface area contributed by atoms with Gasteiger partial charge < -0.3 is 14.5 Å². The standard InChI is InChI=1S/C23H16F5N3O3/c1-12-3-2-4-13(9-12)10-31-8-7-16(30-31)29-23(32)15-6-5-14(34-15)11-33-22-20(27)18(25)17(24)19(26)21(22)28/h2-9H,10-11H2,1H3,(H,29,30,32). The van der Waals surface area contributed by atoms with E-state index >= 15 is 0 Å². The molecule has 2 heterocycles. The second-order valence-corrected chi connectivity index (χ2v) is 7.30. The number of ether oxygens (including phenoxy) is 1. The zero-order chi connectivity index (χ0) is 24.4. The zero-order valence-electron chi connectivity index (χ0n) is 17.5. The number of carbonyl (C=O) groups is 1. The van der Waals surface area contributed by atoms with Crippen molar-refractivity contribution in [3.8, 4) is 5.75 Å². The Kier molecular flexibility index (Phi) is 6.35. The molecule has 6 nitrogen and oxygen atoms in total. The minimum absolute atomic E-state index is 0.0842. The van der Waals surface area contributed by atoms with Crippen molar-refractivity contribution in [3.63, 3.8) is 0 Å². The molecule has 0 aliphatic heterocycles. The van der Waals surface area contributed by atoms with E-state index in [2.05, 4.69) is 10.4 Å². The molecule has 0 radical (unpaired) electrons. The van der Waals surface area contributed by atoms with Crippen LogP contribution in [0.2, 0.25) is 0 Å². The summed E-state index contributed by atoms with van der Waals surface area (Å²) in [6.07, 6.45) is 1.68. The van der Waals surface area contributed by atoms with Crippen LogP contribution in [-0.2, 0) is 13.2 Å². The fourth-order valence-electron chi connectivity index (χ4n) is 3.12. The lowest BCUT2D eigenvalue weighted by Crippen LogP contribution is -2.12. The van der Waals surface area contributed by atoms with E-state index in [9.17, 15) is 26.7 Å². The molecule has 0 fully saturated rings. The number of hydrogen-bond donors (Lipinski definition) is 1. The first kappa shape index (κ1) is 23.0. The molecule has 34 heavy (non-hydrogen) atoms. The predicted molar refractivity (Wildman–Crippen MR) is 110 cm³/mol. The molecule has 0 aliphatic carbocycles. The Morgan fingerprint density at radius 2 is 1.71 bits per heavy atom. The van der Waals surface area contributed by atoms with Crippen molar-refractivity contribution < 1.29 is 35.9 Å². The van der Waals surface area contributed by atoms with Crippen LogP contribution < -0.4 is 10.1 Å². The summed E-state index contributed by atoms with van der Waals surface area (Å²) in [6.45, 7) is 1.79. The zero-order valence-corrected chi connectivity index (χ0v) is 17.5. The van der Waals surface area contributed by atoms with Crippen molar-refractivity contribution >= 4 is 11.7 Å². The number of halogens is 5. The lowest BCUT2D eigenvalue weighted by molar-refractivity contribution is 0.0991. The molecule has 0 spiro atoms. The van der Waals surface area contributed by atoms with Gasteiger partial charge in [0.15, 0.2) is 17.3 Å². The number of benzene rings is 2. The number of aryl methyl sites for hydroxylation is 1. The first-order chi connectivity index (χ1) is 16.2. The Hall–Kier alpha value is -4.15. The maximum Gasteiger partial charge on any atom is 0.292 e. The van der Waals surface area contributed by atoms with Crippen molar-refractivity contribution in [1.82, 2.24) is 9.78 Å². The van der Waals surface area contributed by atoms with E-state index in [4.69, 9.17) is 9.15 Å². The highest BCUT2D eigenvalue weighted by Crippen LogP contribution is 2.29. The van der Waals surface area contributed by atoms with Gasteiger partial charge in [0.05, 0.1) is 6.54 Å². The summed E-state index contributed by atoms with van der Waals surface area (Å²) in [5.74, 6) is -12.9. The van der Waals surface area contributed by atoms with Crippen molar-refractivity contribution in [1.29, 1.82) is 0 Å². The molecule has 0 atom stereocenters. The lowest BCUT2D eigenvalue weighted by atomic mass is 10.1. The van der Waals surface area contributed by atoms with Gasteiger partial charge in [-0.3, -0.25) is 9.48 Å². The van der Waals surface area contributed by atoms with Crippen LogP contribution in [0.15, 0.2) is 53.1 Å². The maximum absolute atomic E-state index is 13.7. The number of amides is 1. The third kappa shape index (κ3) is 4.77. The quantitative estimate of drug-likeness (QED) is 0.221. The van der Waals surface area contributed by atoms with Crippen LogP contribution in [-0.4, -0.2) is 15.7 Å². The summed E-state index contributed by atoms with van der Waals surface area (Å²) in [6, 6.07) is 12.0. The van der Waals surface area contributed by atoms with Gasteiger partial charge in [-0.15, -0.1) is 0 Å².